The molecule has 1 aromatic heterocycles. The topological polar surface area (TPSA) is 72.3 Å². The molecule has 1 aliphatic rings. The van der Waals surface area contributed by atoms with Crippen molar-refractivity contribution in [1.82, 2.24) is 14.5 Å². The molecule has 3 rings (SSSR count). The summed E-state index contributed by atoms with van der Waals surface area (Å²) in [6.07, 6.45) is 4.12. The predicted octanol–water partition coefficient (Wildman–Crippen LogP) is 2.62. The second-order valence-electron chi connectivity index (χ2n) is 7.11. The van der Waals surface area contributed by atoms with E-state index >= 15 is 0 Å². The maximum atomic E-state index is 12.8. The minimum Gasteiger partial charge on any atom is -0.341 e. The van der Waals surface area contributed by atoms with Crippen molar-refractivity contribution in [3.05, 3.63) is 41.7 Å². The Balaban J connectivity index is 1.73. The first-order chi connectivity index (χ1) is 12.7. The van der Waals surface area contributed by atoms with E-state index in [0.29, 0.717) is 6.42 Å². The molecule has 1 saturated heterocycles. The third-order valence-corrected chi connectivity index (χ3v) is 7.93. The van der Waals surface area contributed by atoms with Crippen molar-refractivity contribution in [1.29, 1.82) is 0 Å². The van der Waals surface area contributed by atoms with Gasteiger partial charge in [-0.05, 0) is 50.5 Å². The fourth-order valence-corrected chi connectivity index (χ4v) is 5.96. The summed E-state index contributed by atoms with van der Waals surface area (Å²) in [5.74, 6) is 0.148. The van der Waals surface area contributed by atoms with Gasteiger partial charge in [-0.3, -0.25) is 9.36 Å². The van der Waals surface area contributed by atoms with Gasteiger partial charge in [0, 0.05) is 31.2 Å². The van der Waals surface area contributed by atoms with Crippen LogP contribution in [0.5, 0.6) is 0 Å². The van der Waals surface area contributed by atoms with Crippen molar-refractivity contribution in [3.8, 4) is 5.69 Å². The summed E-state index contributed by atoms with van der Waals surface area (Å²) in [6, 6.07) is 5.98. The van der Waals surface area contributed by atoms with Crippen LogP contribution >= 0.6 is 11.8 Å². The van der Waals surface area contributed by atoms with Crippen LogP contribution in [0.25, 0.3) is 5.69 Å². The molecule has 0 bridgehead atoms. The third kappa shape index (κ3) is 4.38. The summed E-state index contributed by atoms with van der Waals surface area (Å²) in [6.45, 7) is 5.98. The van der Waals surface area contributed by atoms with Crippen LogP contribution in [0.15, 0.2) is 35.7 Å². The first-order valence-corrected chi connectivity index (χ1v) is 11.6. The number of nitrogens with zero attached hydrogens (tertiary/aromatic N) is 3. The van der Waals surface area contributed by atoms with Gasteiger partial charge < -0.3 is 4.90 Å². The first-order valence-electron chi connectivity index (χ1n) is 8.92. The van der Waals surface area contributed by atoms with Gasteiger partial charge in [-0.25, -0.2) is 13.4 Å². The number of benzene rings is 1. The van der Waals surface area contributed by atoms with Crippen molar-refractivity contribution in [2.45, 2.75) is 43.6 Å². The average Bonchev–Trinajstić information content (AvgIpc) is 3.22. The van der Waals surface area contributed by atoms with Crippen LogP contribution in [-0.2, 0) is 14.6 Å². The molecule has 2 aromatic rings. The van der Waals surface area contributed by atoms with Crippen LogP contribution < -0.4 is 0 Å². The zero-order valence-corrected chi connectivity index (χ0v) is 17.7. The molecule has 0 N–H and O–H groups in total. The Morgan fingerprint density at radius 1 is 1.33 bits per heavy atom. The fraction of sp³-hybridized carbons (Fsp3) is 0.474. The van der Waals surface area contributed by atoms with Crippen molar-refractivity contribution >= 4 is 27.5 Å². The van der Waals surface area contributed by atoms with Gasteiger partial charge in [0.15, 0.2) is 15.0 Å². The van der Waals surface area contributed by atoms with E-state index in [4.69, 9.17) is 0 Å². The maximum absolute atomic E-state index is 12.8. The number of rotatable bonds is 5. The maximum Gasteiger partial charge on any atom is 0.235 e. The van der Waals surface area contributed by atoms with E-state index < -0.39 is 9.84 Å². The second kappa shape index (κ2) is 7.67. The minimum atomic E-state index is -3.02. The number of amides is 1. The molecule has 27 heavy (non-hydrogen) atoms. The molecule has 6 nitrogen and oxygen atoms in total. The van der Waals surface area contributed by atoms with Crippen LogP contribution in [0.1, 0.15) is 24.5 Å². The summed E-state index contributed by atoms with van der Waals surface area (Å²) < 4.78 is 25.4. The molecule has 1 aliphatic heterocycles. The lowest BCUT2D eigenvalue weighted by Crippen LogP contribution is -2.41. The standard InChI is InChI=1S/C19H25N3O3S2/c1-13-5-6-16(11-14(13)2)22-9-8-20-19(22)26-15(3)18(23)21(4)17-7-10-27(24,25)12-17/h5-6,8-9,11,15,17H,7,10,12H2,1-4H3. The highest BCUT2D eigenvalue weighted by atomic mass is 32.2. The number of aryl methyl sites for hydroxylation is 2. The molecular formula is C19H25N3O3S2. The zero-order chi connectivity index (χ0) is 19.8. The molecule has 2 heterocycles. The van der Waals surface area contributed by atoms with Gasteiger partial charge in [-0.15, -0.1) is 0 Å². The highest BCUT2D eigenvalue weighted by Crippen LogP contribution is 2.27. The number of hydrogen-bond donors (Lipinski definition) is 0. The van der Waals surface area contributed by atoms with Crippen LogP contribution in [0.4, 0.5) is 0 Å². The minimum absolute atomic E-state index is 0.0594. The Hall–Kier alpha value is -1.80. The lowest BCUT2D eigenvalue weighted by atomic mass is 10.1. The van der Waals surface area contributed by atoms with E-state index in [9.17, 15) is 13.2 Å². The van der Waals surface area contributed by atoms with Gasteiger partial charge >= 0.3 is 0 Å². The summed E-state index contributed by atoms with van der Waals surface area (Å²) in [4.78, 5) is 18.8. The average molecular weight is 408 g/mol. The molecule has 146 valence electrons. The number of carbonyl (C=O) groups is 1. The van der Waals surface area contributed by atoms with E-state index in [2.05, 4.69) is 31.0 Å². The van der Waals surface area contributed by atoms with Crippen molar-refractivity contribution in [2.24, 2.45) is 0 Å². The van der Waals surface area contributed by atoms with E-state index in [-0.39, 0.29) is 28.7 Å². The van der Waals surface area contributed by atoms with Crippen LogP contribution in [0.2, 0.25) is 0 Å². The molecule has 1 aromatic carbocycles. The SMILES string of the molecule is Cc1ccc(-n2ccnc2SC(C)C(=O)N(C)C2CCS(=O)(=O)C2)cc1C. The number of imidazole rings is 1. The molecule has 0 saturated carbocycles. The molecular weight excluding hydrogens is 382 g/mol. The number of thioether (sulfide) groups is 1. The van der Waals surface area contributed by atoms with Gasteiger partial charge in [-0.1, -0.05) is 17.8 Å². The molecule has 2 atom stereocenters. The highest BCUT2D eigenvalue weighted by molar-refractivity contribution is 8.00. The van der Waals surface area contributed by atoms with Gasteiger partial charge in [0.25, 0.3) is 0 Å². The summed E-state index contributed by atoms with van der Waals surface area (Å²) in [7, 11) is -1.32. The van der Waals surface area contributed by atoms with Gasteiger partial charge in [-0.2, -0.15) is 0 Å². The number of hydrogen-bond acceptors (Lipinski definition) is 5. The quantitative estimate of drug-likeness (QED) is 0.713. The van der Waals surface area contributed by atoms with Gasteiger partial charge in [0.2, 0.25) is 5.91 Å². The Morgan fingerprint density at radius 2 is 2.07 bits per heavy atom. The summed E-state index contributed by atoms with van der Waals surface area (Å²) >= 11 is 1.39. The second-order valence-corrected chi connectivity index (χ2v) is 10.7. The molecule has 0 radical (unpaired) electrons. The third-order valence-electron chi connectivity index (χ3n) is 5.11. The van der Waals surface area contributed by atoms with Crippen molar-refractivity contribution in [2.75, 3.05) is 18.6 Å². The van der Waals surface area contributed by atoms with Crippen molar-refractivity contribution < 1.29 is 13.2 Å². The Morgan fingerprint density at radius 3 is 2.70 bits per heavy atom. The monoisotopic (exact) mass is 407 g/mol. The fourth-order valence-electron chi connectivity index (χ4n) is 3.20. The van der Waals surface area contributed by atoms with E-state index in [1.54, 1.807) is 18.1 Å². The first kappa shape index (κ1) is 19.9. The predicted molar refractivity (Wildman–Crippen MR) is 108 cm³/mol. The zero-order valence-electron chi connectivity index (χ0n) is 16.0. The van der Waals surface area contributed by atoms with E-state index in [0.717, 1.165) is 10.8 Å². The van der Waals surface area contributed by atoms with Crippen LogP contribution in [0, 0.1) is 13.8 Å². The normalized spacial score (nSPS) is 19.8. The Labute approximate surface area is 164 Å². The van der Waals surface area contributed by atoms with Crippen LogP contribution in [-0.4, -0.2) is 58.6 Å². The molecule has 0 aliphatic carbocycles. The van der Waals surface area contributed by atoms with Gasteiger partial charge in [0.05, 0.1) is 16.8 Å². The Bertz CT molecular complexity index is 953. The highest BCUT2D eigenvalue weighted by Gasteiger charge is 2.34. The largest absolute Gasteiger partial charge is 0.341 e. The summed E-state index contributed by atoms with van der Waals surface area (Å²) in [5.41, 5.74) is 3.43. The summed E-state index contributed by atoms with van der Waals surface area (Å²) in [5, 5.41) is 0.387. The lowest BCUT2D eigenvalue weighted by molar-refractivity contribution is -0.130. The number of aromatic nitrogens is 2. The number of sulfone groups is 1. The van der Waals surface area contributed by atoms with E-state index in [1.807, 2.05) is 23.8 Å². The molecule has 0 spiro atoms. The molecule has 2 unspecified atom stereocenters. The molecule has 1 fully saturated rings. The van der Waals surface area contributed by atoms with Crippen molar-refractivity contribution in [3.63, 3.8) is 0 Å². The number of carbonyl (C=O) groups excluding carboxylic acids is 1. The van der Waals surface area contributed by atoms with E-state index in [1.165, 1.54) is 22.9 Å². The Kier molecular flexibility index (Phi) is 5.67. The van der Waals surface area contributed by atoms with Crippen LogP contribution in [0.3, 0.4) is 0 Å². The van der Waals surface area contributed by atoms with Gasteiger partial charge in [0.1, 0.15) is 0 Å². The molecule has 8 heteroatoms. The molecule has 1 amide bonds. The lowest BCUT2D eigenvalue weighted by Gasteiger charge is -2.26. The smallest absolute Gasteiger partial charge is 0.235 e.